The Morgan fingerprint density at radius 3 is 3.06 bits per heavy atom. The molecule has 2 N–H and O–H groups in total. The van der Waals surface area contributed by atoms with E-state index in [0.717, 1.165) is 39.3 Å². The van der Waals surface area contributed by atoms with Crippen LogP contribution >= 0.6 is 11.3 Å². The number of hydrogen-bond donors (Lipinski definition) is 1. The summed E-state index contributed by atoms with van der Waals surface area (Å²) in [7, 11) is 0. The molecule has 18 heavy (non-hydrogen) atoms. The Hall–Kier alpha value is -1.65. The number of furan rings is 1. The largest absolute Gasteiger partial charge is 0.464 e. The first-order chi connectivity index (χ1) is 8.88. The molecule has 0 radical (unpaired) electrons. The second-order valence-electron chi connectivity index (χ2n) is 4.16. The van der Waals surface area contributed by atoms with E-state index in [1.165, 1.54) is 0 Å². The van der Waals surface area contributed by atoms with Gasteiger partial charge in [0.2, 0.25) is 0 Å². The van der Waals surface area contributed by atoms with Crippen molar-refractivity contribution in [3.63, 3.8) is 0 Å². The first-order valence-electron chi connectivity index (χ1n) is 6.00. The molecule has 0 aliphatic rings. The smallest absolute Gasteiger partial charge is 0.134 e. The molecule has 0 spiro atoms. The van der Waals surface area contributed by atoms with Crippen LogP contribution in [0.3, 0.4) is 0 Å². The van der Waals surface area contributed by atoms with Gasteiger partial charge in [-0.25, -0.2) is 4.98 Å². The summed E-state index contributed by atoms with van der Waals surface area (Å²) in [6.07, 6.45) is 5.68. The van der Waals surface area contributed by atoms with Gasteiger partial charge in [0.15, 0.2) is 0 Å². The summed E-state index contributed by atoms with van der Waals surface area (Å²) in [5.74, 6) is 0. The number of nitrogens with zero attached hydrogens (tertiary/aromatic N) is 1. The molecule has 0 aliphatic carbocycles. The molecule has 0 saturated carbocycles. The molecule has 0 aliphatic heterocycles. The van der Waals surface area contributed by atoms with E-state index in [-0.39, 0.29) is 0 Å². The highest BCUT2D eigenvalue weighted by atomic mass is 32.1. The van der Waals surface area contributed by atoms with E-state index in [0.29, 0.717) is 6.54 Å². The average molecular weight is 258 g/mol. The summed E-state index contributed by atoms with van der Waals surface area (Å²) >= 11 is 1.72. The number of benzene rings is 1. The first kappa shape index (κ1) is 11.4. The molecule has 0 unspecified atom stereocenters. The molecule has 3 aromatic rings. The van der Waals surface area contributed by atoms with Gasteiger partial charge in [-0.05, 0) is 19.0 Å². The molecule has 3 rings (SSSR count). The van der Waals surface area contributed by atoms with Gasteiger partial charge in [0.05, 0.1) is 9.88 Å². The highest BCUT2D eigenvalue weighted by molar-refractivity contribution is 7.15. The summed E-state index contributed by atoms with van der Waals surface area (Å²) in [4.78, 5) is 5.60. The van der Waals surface area contributed by atoms with Crippen LogP contribution in [0.2, 0.25) is 0 Å². The fourth-order valence-corrected chi connectivity index (χ4v) is 2.95. The van der Waals surface area contributed by atoms with Crippen LogP contribution in [-0.2, 0) is 6.42 Å². The normalized spacial score (nSPS) is 11.2. The number of aromatic nitrogens is 1. The van der Waals surface area contributed by atoms with E-state index in [1.807, 2.05) is 30.7 Å². The van der Waals surface area contributed by atoms with Gasteiger partial charge in [0.1, 0.15) is 11.8 Å². The highest BCUT2D eigenvalue weighted by Gasteiger charge is 2.10. The predicted molar refractivity (Wildman–Crippen MR) is 74.7 cm³/mol. The van der Waals surface area contributed by atoms with E-state index in [2.05, 4.69) is 11.1 Å². The number of nitrogens with two attached hydrogens (primary N) is 1. The zero-order valence-corrected chi connectivity index (χ0v) is 10.7. The molecule has 0 bridgehead atoms. The molecule has 3 nitrogen and oxygen atoms in total. The lowest BCUT2D eigenvalue weighted by Crippen LogP contribution is -1.99. The number of hydrogen-bond acceptors (Lipinski definition) is 4. The van der Waals surface area contributed by atoms with E-state index < -0.39 is 0 Å². The Morgan fingerprint density at radius 2 is 2.17 bits per heavy atom. The Bertz CT molecular complexity index is 656. The maximum Gasteiger partial charge on any atom is 0.134 e. The third-order valence-electron chi connectivity index (χ3n) is 2.89. The van der Waals surface area contributed by atoms with Crippen LogP contribution in [0, 0.1) is 0 Å². The molecular formula is C14H14N2OS. The average Bonchev–Trinajstić information content (AvgIpc) is 3.02. The van der Waals surface area contributed by atoms with Crippen LogP contribution < -0.4 is 5.73 Å². The van der Waals surface area contributed by atoms with Crippen LogP contribution in [0.4, 0.5) is 0 Å². The number of thiazole rings is 1. The van der Waals surface area contributed by atoms with E-state index in [1.54, 1.807) is 11.3 Å². The molecule has 0 fully saturated rings. The van der Waals surface area contributed by atoms with Gasteiger partial charge in [-0.3, -0.25) is 0 Å². The lowest BCUT2D eigenvalue weighted by Gasteiger charge is -1.92. The van der Waals surface area contributed by atoms with Crippen LogP contribution in [0.25, 0.3) is 21.4 Å². The van der Waals surface area contributed by atoms with Gasteiger partial charge in [-0.15, -0.1) is 11.3 Å². The molecule has 1 aromatic carbocycles. The second kappa shape index (κ2) is 4.92. The number of rotatable bonds is 4. The highest BCUT2D eigenvalue weighted by Crippen LogP contribution is 2.34. The minimum absolute atomic E-state index is 0.712. The summed E-state index contributed by atoms with van der Waals surface area (Å²) in [6, 6.07) is 8.06. The van der Waals surface area contributed by atoms with Crippen molar-refractivity contribution in [2.75, 3.05) is 6.54 Å². The summed E-state index contributed by atoms with van der Waals surface area (Å²) in [5.41, 5.74) is 7.56. The topological polar surface area (TPSA) is 52.0 Å². The third-order valence-corrected chi connectivity index (χ3v) is 3.99. The van der Waals surface area contributed by atoms with Crippen molar-refractivity contribution in [2.24, 2.45) is 5.73 Å². The minimum atomic E-state index is 0.712. The van der Waals surface area contributed by atoms with Crippen molar-refractivity contribution in [1.82, 2.24) is 4.98 Å². The number of aryl methyl sites for hydroxylation is 1. The maximum atomic E-state index is 5.55. The Kier molecular flexibility index (Phi) is 3.13. The summed E-state index contributed by atoms with van der Waals surface area (Å²) in [5, 5.41) is 2.28. The van der Waals surface area contributed by atoms with Crippen molar-refractivity contribution in [3.05, 3.63) is 41.7 Å². The number of fused-ring (bicyclic) bond motifs is 1. The Labute approximate surface area is 109 Å². The summed E-state index contributed by atoms with van der Waals surface area (Å²) < 4.78 is 5.55. The van der Waals surface area contributed by atoms with Gasteiger partial charge in [-0.1, -0.05) is 18.2 Å². The van der Waals surface area contributed by atoms with Crippen molar-refractivity contribution in [3.8, 4) is 10.4 Å². The van der Waals surface area contributed by atoms with E-state index in [4.69, 9.17) is 10.2 Å². The van der Waals surface area contributed by atoms with Crippen molar-refractivity contribution < 1.29 is 4.42 Å². The van der Waals surface area contributed by atoms with E-state index >= 15 is 0 Å². The monoisotopic (exact) mass is 258 g/mol. The first-order valence-corrected chi connectivity index (χ1v) is 6.81. The zero-order valence-electron chi connectivity index (χ0n) is 9.93. The maximum absolute atomic E-state index is 5.55. The third kappa shape index (κ3) is 2.05. The Morgan fingerprint density at radius 1 is 1.28 bits per heavy atom. The van der Waals surface area contributed by atoms with Crippen LogP contribution in [-0.4, -0.2) is 11.5 Å². The van der Waals surface area contributed by atoms with Crippen LogP contribution in [0.15, 0.2) is 41.1 Å². The molecule has 0 amide bonds. The molecule has 0 atom stereocenters. The Balaban J connectivity index is 1.96. The van der Waals surface area contributed by atoms with Gasteiger partial charge >= 0.3 is 0 Å². The van der Waals surface area contributed by atoms with Gasteiger partial charge in [0, 0.05) is 23.6 Å². The predicted octanol–water partition coefficient (Wildman–Crippen LogP) is 3.45. The molecule has 0 saturated heterocycles. The SMILES string of the molecule is NCCCc1ncc(-c2coc3ccccc23)s1. The van der Waals surface area contributed by atoms with Crippen molar-refractivity contribution in [1.29, 1.82) is 0 Å². The molecule has 92 valence electrons. The quantitative estimate of drug-likeness (QED) is 0.779. The zero-order chi connectivity index (χ0) is 12.4. The van der Waals surface area contributed by atoms with Gasteiger partial charge in [-0.2, -0.15) is 0 Å². The fraction of sp³-hybridized carbons (Fsp3) is 0.214. The molecule has 2 heterocycles. The number of para-hydroxylation sites is 1. The van der Waals surface area contributed by atoms with Gasteiger partial charge < -0.3 is 10.2 Å². The lowest BCUT2D eigenvalue weighted by atomic mass is 10.1. The fourth-order valence-electron chi connectivity index (χ4n) is 1.97. The van der Waals surface area contributed by atoms with Crippen LogP contribution in [0.5, 0.6) is 0 Å². The summed E-state index contributed by atoms with van der Waals surface area (Å²) in [6.45, 7) is 0.712. The van der Waals surface area contributed by atoms with Gasteiger partial charge in [0.25, 0.3) is 0 Å². The second-order valence-corrected chi connectivity index (χ2v) is 5.27. The molecule has 4 heteroatoms. The molecule has 2 aromatic heterocycles. The molecular weight excluding hydrogens is 244 g/mol. The standard InChI is InChI=1S/C14H14N2OS/c15-7-3-6-14-16-8-13(18-14)11-9-17-12-5-2-1-4-10(11)12/h1-2,4-5,8-9H,3,6-7,15H2. The van der Waals surface area contributed by atoms with E-state index in [9.17, 15) is 0 Å². The van der Waals surface area contributed by atoms with Crippen molar-refractivity contribution in [2.45, 2.75) is 12.8 Å². The van der Waals surface area contributed by atoms with Crippen molar-refractivity contribution >= 4 is 22.3 Å². The lowest BCUT2D eigenvalue weighted by molar-refractivity contribution is 0.617. The van der Waals surface area contributed by atoms with Crippen LogP contribution in [0.1, 0.15) is 11.4 Å². The minimum Gasteiger partial charge on any atom is -0.464 e.